The fraction of sp³-hybridized carbons (Fsp3) is 0.0769. The molecule has 0 saturated carbocycles. The Labute approximate surface area is 97.9 Å². The molecule has 0 bridgehead atoms. The van der Waals surface area contributed by atoms with E-state index in [4.69, 9.17) is 0 Å². The highest BCUT2D eigenvalue weighted by molar-refractivity contribution is 9.08. The van der Waals surface area contributed by atoms with E-state index in [-0.39, 0.29) is 5.82 Å². The lowest BCUT2D eigenvalue weighted by Crippen LogP contribution is -1.81. The third kappa shape index (κ3) is 4.75. The standard InChI is InChI=1S/C7H6BrF.C6H6/c8-5-6-3-1-2-4-7(6)9;1-2-4-6-5-3-1/h1-4H,5H2;1-6H. The van der Waals surface area contributed by atoms with Crippen molar-refractivity contribution in [1.29, 1.82) is 0 Å². The van der Waals surface area contributed by atoms with Gasteiger partial charge in [0.15, 0.2) is 0 Å². The first-order chi connectivity index (χ1) is 7.34. The molecule has 0 atom stereocenters. The van der Waals surface area contributed by atoms with Gasteiger partial charge in [0.25, 0.3) is 0 Å². The summed E-state index contributed by atoms with van der Waals surface area (Å²) in [5, 5.41) is 0.583. The summed E-state index contributed by atoms with van der Waals surface area (Å²) in [6.45, 7) is 0. The van der Waals surface area contributed by atoms with Gasteiger partial charge >= 0.3 is 0 Å². The highest BCUT2D eigenvalue weighted by atomic mass is 79.9. The minimum Gasteiger partial charge on any atom is -0.207 e. The van der Waals surface area contributed by atoms with Crippen molar-refractivity contribution < 1.29 is 4.39 Å². The first-order valence-corrected chi connectivity index (χ1v) is 5.76. The molecule has 0 spiro atoms. The molecule has 2 aromatic carbocycles. The smallest absolute Gasteiger partial charge is 0.127 e. The summed E-state index contributed by atoms with van der Waals surface area (Å²) < 4.78 is 12.6. The highest BCUT2D eigenvalue weighted by Gasteiger charge is 1.94. The number of benzene rings is 2. The Morgan fingerprint density at radius 2 is 1.27 bits per heavy atom. The lowest BCUT2D eigenvalue weighted by molar-refractivity contribution is 0.618. The summed E-state index contributed by atoms with van der Waals surface area (Å²) in [6.07, 6.45) is 0. The van der Waals surface area contributed by atoms with Gasteiger partial charge in [0.2, 0.25) is 0 Å². The van der Waals surface area contributed by atoms with E-state index >= 15 is 0 Å². The molecule has 0 nitrogen and oxygen atoms in total. The zero-order chi connectivity index (χ0) is 10.9. The van der Waals surface area contributed by atoms with Gasteiger partial charge in [0.1, 0.15) is 5.82 Å². The molecule has 2 aromatic rings. The summed E-state index contributed by atoms with van der Waals surface area (Å²) in [5.41, 5.74) is 0.706. The zero-order valence-electron chi connectivity index (χ0n) is 8.24. The Kier molecular flexibility index (Phi) is 5.71. The van der Waals surface area contributed by atoms with E-state index in [1.54, 1.807) is 12.1 Å². The third-order valence-electron chi connectivity index (χ3n) is 1.77. The Bertz CT molecular complexity index is 347. The van der Waals surface area contributed by atoms with Gasteiger partial charge in [-0.05, 0) is 11.6 Å². The van der Waals surface area contributed by atoms with Crippen molar-refractivity contribution in [3.05, 3.63) is 72.0 Å². The Balaban J connectivity index is 0.000000162. The molecule has 0 aliphatic rings. The van der Waals surface area contributed by atoms with Crippen molar-refractivity contribution in [3.8, 4) is 0 Å². The molecule has 0 aromatic heterocycles. The van der Waals surface area contributed by atoms with E-state index in [0.29, 0.717) is 10.9 Å². The van der Waals surface area contributed by atoms with Gasteiger partial charge in [-0.25, -0.2) is 4.39 Å². The zero-order valence-corrected chi connectivity index (χ0v) is 9.82. The number of rotatable bonds is 1. The lowest BCUT2D eigenvalue weighted by atomic mass is 10.2. The Morgan fingerprint density at radius 1 is 0.800 bits per heavy atom. The molecule has 0 aliphatic carbocycles. The molecule has 2 rings (SSSR count). The van der Waals surface area contributed by atoms with Gasteiger partial charge in [0.05, 0.1) is 0 Å². The molecule has 0 saturated heterocycles. The van der Waals surface area contributed by atoms with E-state index in [1.165, 1.54) is 6.07 Å². The first-order valence-electron chi connectivity index (χ1n) is 4.64. The van der Waals surface area contributed by atoms with Gasteiger partial charge < -0.3 is 0 Å². The van der Waals surface area contributed by atoms with Crippen LogP contribution in [0.2, 0.25) is 0 Å². The summed E-state index contributed by atoms with van der Waals surface area (Å²) >= 11 is 3.17. The molecular weight excluding hydrogens is 255 g/mol. The Hall–Kier alpha value is -1.15. The maximum Gasteiger partial charge on any atom is 0.127 e. The molecular formula is C13H12BrF. The number of hydrogen-bond acceptors (Lipinski definition) is 0. The molecule has 78 valence electrons. The van der Waals surface area contributed by atoms with Crippen LogP contribution >= 0.6 is 15.9 Å². The predicted octanol–water partition coefficient (Wildman–Crippen LogP) is 4.41. The molecule has 2 heteroatoms. The quantitative estimate of drug-likeness (QED) is 0.671. The molecule has 15 heavy (non-hydrogen) atoms. The normalized spacial score (nSPS) is 8.93. The van der Waals surface area contributed by atoms with E-state index < -0.39 is 0 Å². The van der Waals surface area contributed by atoms with E-state index in [2.05, 4.69) is 15.9 Å². The number of hydrogen-bond donors (Lipinski definition) is 0. The van der Waals surface area contributed by atoms with E-state index in [9.17, 15) is 4.39 Å². The average molecular weight is 267 g/mol. The minimum atomic E-state index is -0.144. The molecule has 0 amide bonds. The van der Waals surface area contributed by atoms with Crippen LogP contribution in [0.5, 0.6) is 0 Å². The second kappa shape index (κ2) is 7.18. The average Bonchev–Trinajstić information content (AvgIpc) is 2.33. The molecule has 0 unspecified atom stereocenters. The fourth-order valence-corrected chi connectivity index (χ4v) is 1.45. The van der Waals surface area contributed by atoms with Crippen molar-refractivity contribution in [2.75, 3.05) is 0 Å². The van der Waals surface area contributed by atoms with Crippen molar-refractivity contribution in [2.24, 2.45) is 0 Å². The van der Waals surface area contributed by atoms with E-state index in [1.807, 2.05) is 42.5 Å². The van der Waals surface area contributed by atoms with E-state index in [0.717, 1.165) is 0 Å². The summed E-state index contributed by atoms with van der Waals surface area (Å²) in [6, 6.07) is 18.7. The third-order valence-corrected chi connectivity index (χ3v) is 2.37. The Morgan fingerprint density at radius 3 is 1.60 bits per heavy atom. The highest BCUT2D eigenvalue weighted by Crippen LogP contribution is 2.09. The van der Waals surface area contributed by atoms with Crippen molar-refractivity contribution >= 4 is 15.9 Å². The maximum atomic E-state index is 12.6. The fourth-order valence-electron chi connectivity index (χ4n) is 0.992. The minimum absolute atomic E-state index is 0.144. The lowest BCUT2D eigenvalue weighted by Gasteiger charge is -1.93. The largest absolute Gasteiger partial charge is 0.207 e. The van der Waals surface area contributed by atoms with Crippen LogP contribution < -0.4 is 0 Å². The van der Waals surface area contributed by atoms with Crippen LogP contribution in [-0.4, -0.2) is 0 Å². The summed E-state index contributed by atoms with van der Waals surface area (Å²) in [5.74, 6) is -0.144. The SMILES string of the molecule is Fc1ccccc1CBr.c1ccccc1. The van der Waals surface area contributed by atoms with Crippen molar-refractivity contribution in [2.45, 2.75) is 5.33 Å². The molecule has 0 heterocycles. The molecule has 0 radical (unpaired) electrons. The monoisotopic (exact) mass is 266 g/mol. The van der Waals surface area contributed by atoms with Crippen LogP contribution in [0.3, 0.4) is 0 Å². The second-order valence-corrected chi connectivity index (χ2v) is 3.44. The summed E-state index contributed by atoms with van der Waals surface area (Å²) in [7, 11) is 0. The molecule has 0 fully saturated rings. The molecule has 0 aliphatic heterocycles. The number of alkyl halides is 1. The number of halogens is 2. The first kappa shape index (κ1) is 11.9. The topological polar surface area (TPSA) is 0 Å². The van der Waals surface area contributed by atoms with Gasteiger partial charge in [-0.15, -0.1) is 0 Å². The molecule has 0 N–H and O–H groups in total. The van der Waals surface area contributed by atoms with Crippen LogP contribution in [0, 0.1) is 5.82 Å². The second-order valence-electron chi connectivity index (χ2n) is 2.88. The maximum absolute atomic E-state index is 12.6. The van der Waals surface area contributed by atoms with Gasteiger partial charge in [-0.1, -0.05) is 70.5 Å². The van der Waals surface area contributed by atoms with Crippen molar-refractivity contribution in [1.82, 2.24) is 0 Å². The van der Waals surface area contributed by atoms with Crippen LogP contribution in [-0.2, 0) is 5.33 Å². The van der Waals surface area contributed by atoms with Gasteiger partial charge in [-0.3, -0.25) is 0 Å². The van der Waals surface area contributed by atoms with Crippen LogP contribution in [0.4, 0.5) is 4.39 Å². The predicted molar refractivity (Wildman–Crippen MR) is 65.5 cm³/mol. The van der Waals surface area contributed by atoms with Gasteiger partial charge in [0, 0.05) is 5.33 Å². The van der Waals surface area contributed by atoms with Crippen molar-refractivity contribution in [3.63, 3.8) is 0 Å². The van der Waals surface area contributed by atoms with Crippen LogP contribution in [0.1, 0.15) is 5.56 Å². The summed E-state index contributed by atoms with van der Waals surface area (Å²) in [4.78, 5) is 0. The van der Waals surface area contributed by atoms with Gasteiger partial charge in [-0.2, -0.15) is 0 Å². The van der Waals surface area contributed by atoms with Crippen LogP contribution in [0.15, 0.2) is 60.7 Å². The van der Waals surface area contributed by atoms with Crippen LogP contribution in [0.25, 0.3) is 0 Å².